The number of aliphatic hydroxyl groups excluding tert-OH is 1. The van der Waals surface area contributed by atoms with E-state index >= 15 is 0 Å². The maximum Gasteiger partial charge on any atom is 0.157 e. The van der Waals surface area contributed by atoms with Gasteiger partial charge in [-0.1, -0.05) is 12.1 Å². The first-order valence-electron chi connectivity index (χ1n) is 11.1. The van der Waals surface area contributed by atoms with Crippen LogP contribution in [0.2, 0.25) is 0 Å². The fourth-order valence-corrected chi connectivity index (χ4v) is 5.19. The zero-order valence-corrected chi connectivity index (χ0v) is 18.3. The fraction of sp³-hybridized carbons (Fsp3) is 0.417. The standard InChI is InChI=1S/C24H27N5O4/c1-28-24(29-16-8-18(30)9-17(29)13-33-12-16)19-4-2-14(10-25)6-20(19)23(27-28)26-11-15-3-5-21(31)22(32)7-15/h2-7,16-18,24,30-32H,8-9,11-13H2,1H3,(H,26,27). The van der Waals surface area contributed by atoms with Crippen LogP contribution in [0.3, 0.4) is 0 Å². The number of phenolic OH excluding ortho intramolecular Hbond substituents is 2. The highest BCUT2D eigenvalue weighted by molar-refractivity contribution is 6.01. The second kappa shape index (κ2) is 8.65. The number of rotatable bonds is 3. The Morgan fingerprint density at radius 3 is 2.58 bits per heavy atom. The minimum atomic E-state index is -0.318. The number of phenols is 2. The van der Waals surface area contributed by atoms with E-state index in [2.05, 4.69) is 16.4 Å². The first-order valence-corrected chi connectivity index (χ1v) is 11.1. The lowest BCUT2D eigenvalue weighted by Gasteiger charge is -2.54. The van der Waals surface area contributed by atoms with Crippen molar-refractivity contribution in [2.45, 2.75) is 43.7 Å². The summed E-state index contributed by atoms with van der Waals surface area (Å²) in [6.07, 6.45) is 0.910. The first kappa shape index (κ1) is 21.7. The highest BCUT2D eigenvalue weighted by Gasteiger charge is 2.45. The second-order valence-corrected chi connectivity index (χ2v) is 8.92. The van der Waals surface area contributed by atoms with Crippen molar-refractivity contribution in [3.63, 3.8) is 0 Å². The van der Waals surface area contributed by atoms with Gasteiger partial charge in [-0.25, -0.2) is 5.01 Å². The van der Waals surface area contributed by atoms with Crippen LogP contribution in [0.1, 0.15) is 41.3 Å². The molecule has 0 aliphatic carbocycles. The molecule has 3 unspecified atom stereocenters. The molecule has 172 valence electrons. The highest BCUT2D eigenvalue weighted by atomic mass is 16.5. The van der Waals surface area contributed by atoms with Crippen LogP contribution in [-0.4, -0.2) is 69.5 Å². The van der Waals surface area contributed by atoms with Crippen LogP contribution in [0.15, 0.2) is 41.4 Å². The van der Waals surface area contributed by atoms with E-state index in [9.17, 15) is 20.6 Å². The van der Waals surface area contributed by atoms with Gasteiger partial charge in [0.15, 0.2) is 11.5 Å². The van der Waals surface area contributed by atoms with E-state index < -0.39 is 0 Å². The maximum absolute atomic E-state index is 10.3. The number of hydrogen-bond donors (Lipinski definition) is 4. The molecule has 9 heteroatoms. The molecule has 0 saturated carbocycles. The van der Waals surface area contributed by atoms with E-state index in [-0.39, 0.29) is 35.9 Å². The first-order chi connectivity index (χ1) is 15.9. The molecule has 0 amide bonds. The van der Waals surface area contributed by atoms with Gasteiger partial charge in [0.2, 0.25) is 0 Å². The number of nitriles is 1. The zero-order valence-electron chi connectivity index (χ0n) is 18.3. The molecule has 0 spiro atoms. The summed E-state index contributed by atoms with van der Waals surface area (Å²) in [5.41, 5.74) is 6.57. The number of aliphatic hydroxyl groups is 1. The highest BCUT2D eigenvalue weighted by Crippen LogP contribution is 2.39. The van der Waals surface area contributed by atoms with Crippen LogP contribution < -0.4 is 5.43 Å². The number of morpholine rings is 1. The number of aromatic hydroxyl groups is 2. The third-order valence-electron chi connectivity index (χ3n) is 6.66. The molecule has 9 nitrogen and oxygen atoms in total. The molecule has 5 rings (SSSR count). The summed E-state index contributed by atoms with van der Waals surface area (Å²) in [6.45, 7) is 1.45. The van der Waals surface area contributed by atoms with Crippen molar-refractivity contribution < 1.29 is 20.1 Å². The van der Waals surface area contributed by atoms with Crippen molar-refractivity contribution in [1.82, 2.24) is 15.3 Å². The van der Waals surface area contributed by atoms with E-state index in [1.807, 2.05) is 30.3 Å². The van der Waals surface area contributed by atoms with Crippen LogP contribution in [-0.2, 0) is 11.3 Å². The predicted octanol–water partition coefficient (Wildman–Crippen LogP) is 1.59. The fourth-order valence-electron chi connectivity index (χ4n) is 5.19. The van der Waals surface area contributed by atoms with Gasteiger partial charge in [0.25, 0.3) is 0 Å². The van der Waals surface area contributed by atoms with Gasteiger partial charge in [-0.05, 0) is 48.2 Å². The summed E-state index contributed by atoms with van der Waals surface area (Å²) in [5.74, 6) is 0.275. The Bertz CT molecular complexity index is 1120. The summed E-state index contributed by atoms with van der Waals surface area (Å²) in [5, 5.41) is 41.2. The molecular formula is C24H27N5O4. The molecule has 0 radical (unpaired) electrons. The summed E-state index contributed by atoms with van der Waals surface area (Å²) in [7, 11) is 1.97. The quantitative estimate of drug-likeness (QED) is 0.521. The Kier molecular flexibility index (Phi) is 5.68. The average Bonchev–Trinajstić information content (AvgIpc) is 2.79. The monoisotopic (exact) mass is 449 g/mol. The Morgan fingerprint density at radius 1 is 1.12 bits per heavy atom. The van der Waals surface area contributed by atoms with E-state index in [0.29, 0.717) is 44.0 Å². The Hall–Kier alpha value is -3.16. The van der Waals surface area contributed by atoms with Gasteiger partial charge in [-0.2, -0.15) is 5.26 Å². The van der Waals surface area contributed by atoms with Gasteiger partial charge >= 0.3 is 0 Å². The number of piperidine rings is 1. The predicted molar refractivity (Wildman–Crippen MR) is 120 cm³/mol. The molecule has 3 aliphatic heterocycles. The van der Waals surface area contributed by atoms with Crippen LogP contribution in [0, 0.1) is 11.3 Å². The molecule has 2 saturated heterocycles. The summed E-state index contributed by atoms with van der Waals surface area (Å²) in [6, 6.07) is 12.7. The molecule has 4 N–H and O–H groups in total. The van der Waals surface area contributed by atoms with Crippen LogP contribution in [0.4, 0.5) is 0 Å². The minimum Gasteiger partial charge on any atom is -0.504 e. The Labute approximate surface area is 192 Å². The molecule has 2 bridgehead atoms. The number of aliphatic imine (C=N–C) groups is 1. The van der Waals surface area contributed by atoms with Gasteiger partial charge in [-0.15, -0.1) is 0 Å². The number of nitrogens with one attached hydrogen (secondary N) is 1. The molecular weight excluding hydrogens is 422 g/mol. The SMILES string of the molecule is CN1NC(=NCc2ccc(O)c(O)c2)c2cc(C#N)ccc2C1N1C2COCC1CC(O)C2. The summed E-state index contributed by atoms with van der Waals surface area (Å²) in [4.78, 5) is 7.15. The van der Waals surface area contributed by atoms with Gasteiger partial charge < -0.3 is 25.5 Å². The lowest BCUT2D eigenvalue weighted by Crippen LogP contribution is -2.64. The summed E-state index contributed by atoms with van der Waals surface area (Å²) < 4.78 is 5.80. The second-order valence-electron chi connectivity index (χ2n) is 8.92. The lowest BCUT2D eigenvalue weighted by molar-refractivity contribution is -0.152. The van der Waals surface area contributed by atoms with E-state index in [1.165, 1.54) is 12.1 Å². The van der Waals surface area contributed by atoms with E-state index in [4.69, 9.17) is 9.73 Å². The molecule has 2 aromatic rings. The largest absolute Gasteiger partial charge is 0.504 e. The number of nitrogens with zero attached hydrogens (tertiary/aromatic N) is 4. The van der Waals surface area contributed by atoms with Crippen LogP contribution >= 0.6 is 0 Å². The van der Waals surface area contributed by atoms with Crippen molar-refractivity contribution >= 4 is 5.84 Å². The lowest BCUT2D eigenvalue weighted by atomic mass is 9.88. The van der Waals surface area contributed by atoms with Gasteiger partial charge in [-0.3, -0.25) is 9.89 Å². The number of hydrazine groups is 1. The van der Waals surface area contributed by atoms with Crippen molar-refractivity contribution in [2.75, 3.05) is 20.3 Å². The number of amidine groups is 1. The molecule has 3 heterocycles. The van der Waals surface area contributed by atoms with E-state index in [0.717, 1.165) is 16.7 Å². The Morgan fingerprint density at radius 2 is 1.88 bits per heavy atom. The van der Waals surface area contributed by atoms with E-state index in [1.54, 1.807) is 6.07 Å². The number of ether oxygens (including phenoxy) is 1. The van der Waals surface area contributed by atoms with Gasteiger partial charge in [0, 0.05) is 24.7 Å². The van der Waals surface area contributed by atoms with Crippen molar-refractivity contribution in [1.29, 1.82) is 5.26 Å². The van der Waals surface area contributed by atoms with Crippen molar-refractivity contribution in [3.8, 4) is 17.6 Å². The van der Waals surface area contributed by atoms with Crippen molar-refractivity contribution in [2.24, 2.45) is 4.99 Å². The normalized spacial score (nSPS) is 28.7. The molecule has 0 aromatic heterocycles. The number of hydrogen-bond acceptors (Lipinski definition) is 8. The molecule has 2 aromatic carbocycles. The smallest absolute Gasteiger partial charge is 0.157 e. The zero-order chi connectivity index (χ0) is 23.1. The van der Waals surface area contributed by atoms with Gasteiger partial charge in [0.1, 0.15) is 12.0 Å². The third-order valence-corrected chi connectivity index (χ3v) is 6.66. The van der Waals surface area contributed by atoms with Crippen LogP contribution in [0.25, 0.3) is 0 Å². The topological polar surface area (TPSA) is 125 Å². The third kappa shape index (κ3) is 4.03. The molecule has 3 aliphatic rings. The molecule has 3 atom stereocenters. The minimum absolute atomic E-state index is 0.101. The van der Waals surface area contributed by atoms with Crippen LogP contribution in [0.5, 0.6) is 11.5 Å². The maximum atomic E-state index is 10.3. The van der Waals surface area contributed by atoms with Gasteiger partial charge in [0.05, 0.1) is 37.5 Å². The average molecular weight is 450 g/mol. The summed E-state index contributed by atoms with van der Waals surface area (Å²) >= 11 is 0. The number of fused-ring (bicyclic) bond motifs is 3. The molecule has 2 fully saturated rings. The molecule has 33 heavy (non-hydrogen) atoms. The van der Waals surface area contributed by atoms with Crippen molar-refractivity contribution in [3.05, 3.63) is 58.7 Å². The number of benzene rings is 2. The Balaban J connectivity index is 1.52.